The molecule has 3 fully saturated rings. The second-order valence-electron chi connectivity index (χ2n) is 9.97. The molecule has 8 atom stereocenters. The molecule has 0 aromatic rings. The smallest absolute Gasteiger partial charge is 0.341 e. The van der Waals surface area contributed by atoms with Gasteiger partial charge in [-0.3, -0.25) is 4.79 Å². The zero-order valence-electron chi connectivity index (χ0n) is 19.8. The molecule has 1 aliphatic heterocycles. The third-order valence-electron chi connectivity index (χ3n) is 7.68. The molecule has 2 saturated carbocycles. The number of ether oxygens (including phenoxy) is 3. The maximum absolute atomic E-state index is 12.8. The van der Waals surface area contributed by atoms with Crippen LogP contribution in [0.3, 0.4) is 0 Å². The lowest BCUT2D eigenvalue weighted by molar-refractivity contribution is -0.163. The van der Waals surface area contributed by atoms with Crippen LogP contribution in [0.5, 0.6) is 0 Å². The van der Waals surface area contributed by atoms with Gasteiger partial charge >= 0.3 is 11.9 Å². The van der Waals surface area contributed by atoms with E-state index in [1.807, 2.05) is 6.92 Å². The number of rotatable bonds is 6. The van der Waals surface area contributed by atoms with E-state index < -0.39 is 17.6 Å². The maximum atomic E-state index is 12.8. The van der Waals surface area contributed by atoms with Crippen molar-refractivity contribution in [2.45, 2.75) is 85.2 Å². The van der Waals surface area contributed by atoms with Crippen LogP contribution in [0.2, 0.25) is 0 Å². The maximum Gasteiger partial charge on any atom is 0.341 e. The monoisotopic (exact) mass is 432 g/mol. The van der Waals surface area contributed by atoms with Gasteiger partial charge in [0.05, 0.1) is 12.0 Å². The highest BCUT2D eigenvalue weighted by atomic mass is 16.7. The minimum absolute atomic E-state index is 0.0000297. The Morgan fingerprint density at radius 1 is 1.19 bits per heavy atom. The molecule has 0 N–H and O–H groups in total. The highest BCUT2D eigenvalue weighted by molar-refractivity contribution is 5.88. The molecule has 0 unspecified atom stereocenters. The van der Waals surface area contributed by atoms with Crippen molar-refractivity contribution in [1.82, 2.24) is 0 Å². The van der Waals surface area contributed by atoms with E-state index in [0.29, 0.717) is 18.4 Å². The molecule has 1 heterocycles. The molecule has 0 amide bonds. The Morgan fingerprint density at radius 3 is 2.29 bits per heavy atom. The van der Waals surface area contributed by atoms with Gasteiger partial charge in [0.1, 0.15) is 18.0 Å². The van der Waals surface area contributed by atoms with Crippen LogP contribution in [0, 0.1) is 29.6 Å². The van der Waals surface area contributed by atoms with Gasteiger partial charge in [-0.05, 0) is 58.8 Å². The summed E-state index contributed by atoms with van der Waals surface area (Å²) in [6.07, 6.45) is 1.82. The summed E-state index contributed by atoms with van der Waals surface area (Å²) in [6.45, 7) is 17.1. The van der Waals surface area contributed by atoms with Gasteiger partial charge in [-0.2, -0.15) is 0 Å². The first kappa shape index (κ1) is 23.7. The molecule has 6 heteroatoms. The van der Waals surface area contributed by atoms with Crippen molar-refractivity contribution in [2.75, 3.05) is 0 Å². The standard InChI is InChI=1S/C25H36O6/c1-9-13(4)23(27)29-19-11-17-14(5)10-18(30-24(28)25(8)16(7)31-25)20(12(2)3)22(17)21(19)15(6)26/h9,12,16-22H,5,10-11H2,1-4,6-8H3/b13-9-/t16-,17-,18+,19-,20+,21-,22+,25-/m0/s1. The van der Waals surface area contributed by atoms with E-state index in [0.717, 1.165) is 5.57 Å². The number of carbonyl (C=O) groups excluding carboxylic acids is 3. The molecule has 0 aromatic heterocycles. The molecule has 3 rings (SSSR count). The first-order chi connectivity index (χ1) is 14.4. The predicted molar refractivity (Wildman–Crippen MR) is 116 cm³/mol. The molecule has 0 radical (unpaired) electrons. The van der Waals surface area contributed by atoms with Crippen LogP contribution in [0.25, 0.3) is 0 Å². The molecule has 6 nitrogen and oxygen atoms in total. The van der Waals surface area contributed by atoms with Crippen LogP contribution in [0.1, 0.15) is 61.3 Å². The van der Waals surface area contributed by atoms with Gasteiger partial charge in [-0.15, -0.1) is 0 Å². The summed E-state index contributed by atoms with van der Waals surface area (Å²) in [4.78, 5) is 38.0. The quantitative estimate of drug-likeness (QED) is 0.273. The number of Topliss-reactive ketones (excluding diaryl/α,β-unsaturated/α-hetero) is 1. The van der Waals surface area contributed by atoms with Crippen LogP contribution < -0.4 is 0 Å². The average molecular weight is 433 g/mol. The van der Waals surface area contributed by atoms with Crippen molar-refractivity contribution in [2.24, 2.45) is 29.6 Å². The van der Waals surface area contributed by atoms with Crippen molar-refractivity contribution in [1.29, 1.82) is 0 Å². The van der Waals surface area contributed by atoms with Crippen LogP contribution in [-0.2, 0) is 28.6 Å². The number of carbonyl (C=O) groups is 3. The molecule has 1 saturated heterocycles. The number of hydrogen-bond donors (Lipinski definition) is 0. The van der Waals surface area contributed by atoms with Crippen LogP contribution in [-0.4, -0.2) is 41.6 Å². The first-order valence-electron chi connectivity index (χ1n) is 11.3. The van der Waals surface area contributed by atoms with Crippen molar-refractivity contribution >= 4 is 17.7 Å². The van der Waals surface area contributed by atoms with E-state index in [-0.39, 0.29) is 53.6 Å². The van der Waals surface area contributed by atoms with Gasteiger partial charge < -0.3 is 14.2 Å². The number of epoxide rings is 1. The lowest BCUT2D eigenvalue weighted by Crippen LogP contribution is -2.47. The van der Waals surface area contributed by atoms with E-state index in [1.54, 1.807) is 33.8 Å². The SMILES string of the molecule is C=C1C[C@@H](OC(=O)[C@@]2(C)O[C@H]2C)[C@@H](C(C)C)[C@@H]2[C@@H](C(C)=O)[C@@H](OC(=O)/C(C)=C\C)C[C@@H]12. The van der Waals surface area contributed by atoms with Crippen LogP contribution in [0.15, 0.2) is 23.8 Å². The molecule has 2 aliphatic carbocycles. The Hall–Kier alpha value is -1.95. The van der Waals surface area contributed by atoms with E-state index in [9.17, 15) is 14.4 Å². The Kier molecular flexibility index (Phi) is 6.52. The number of allylic oxidation sites excluding steroid dienone is 1. The van der Waals surface area contributed by atoms with Gasteiger partial charge in [0.25, 0.3) is 0 Å². The summed E-state index contributed by atoms with van der Waals surface area (Å²) < 4.78 is 17.2. The van der Waals surface area contributed by atoms with E-state index in [1.165, 1.54) is 0 Å². The van der Waals surface area contributed by atoms with Gasteiger partial charge in [0.15, 0.2) is 5.60 Å². The predicted octanol–water partition coefficient (Wildman–Crippen LogP) is 4.03. The van der Waals surface area contributed by atoms with E-state index >= 15 is 0 Å². The van der Waals surface area contributed by atoms with Crippen molar-refractivity contribution in [3.05, 3.63) is 23.8 Å². The summed E-state index contributed by atoms with van der Waals surface area (Å²) in [5, 5.41) is 0. The average Bonchev–Trinajstić information content (AvgIpc) is 3.13. The van der Waals surface area contributed by atoms with Crippen molar-refractivity contribution in [3.8, 4) is 0 Å². The third-order valence-corrected chi connectivity index (χ3v) is 7.68. The number of hydrogen-bond acceptors (Lipinski definition) is 6. The van der Waals surface area contributed by atoms with E-state index in [4.69, 9.17) is 14.2 Å². The summed E-state index contributed by atoms with van der Waals surface area (Å²) in [5.41, 5.74) is 0.592. The zero-order chi connectivity index (χ0) is 23.2. The number of ketones is 1. The molecule has 0 bridgehead atoms. The largest absolute Gasteiger partial charge is 0.460 e. The summed E-state index contributed by atoms with van der Waals surface area (Å²) in [6, 6.07) is 0. The van der Waals surface area contributed by atoms with Crippen LogP contribution >= 0.6 is 0 Å². The fraction of sp³-hybridized carbons (Fsp3) is 0.720. The fourth-order valence-electron chi connectivity index (χ4n) is 5.59. The van der Waals surface area contributed by atoms with E-state index in [2.05, 4.69) is 20.4 Å². The van der Waals surface area contributed by atoms with Gasteiger partial charge in [0, 0.05) is 17.9 Å². The first-order valence-corrected chi connectivity index (χ1v) is 11.3. The van der Waals surface area contributed by atoms with Gasteiger partial charge in [-0.25, -0.2) is 9.59 Å². The minimum atomic E-state index is -0.891. The Bertz CT molecular complexity index is 811. The Morgan fingerprint density at radius 2 is 1.81 bits per heavy atom. The Balaban J connectivity index is 1.89. The molecule has 0 aromatic carbocycles. The van der Waals surface area contributed by atoms with Crippen molar-refractivity contribution in [3.63, 3.8) is 0 Å². The summed E-state index contributed by atoms with van der Waals surface area (Å²) in [7, 11) is 0. The number of fused-ring (bicyclic) bond motifs is 1. The summed E-state index contributed by atoms with van der Waals surface area (Å²) >= 11 is 0. The lowest BCUT2D eigenvalue weighted by atomic mass is 9.63. The van der Waals surface area contributed by atoms with Gasteiger partial charge in [0.2, 0.25) is 0 Å². The molecule has 0 spiro atoms. The third kappa shape index (κ3) is 4.23. The Labute approximate surface area is 185 Å². The normalized spacial score (nSPS) is 39.8. The second-order valence-corrected chi connectivity index (χ2v) is 9.97. The lowest BCUT2D eigenvalue weighted by Gasteiger charge is -2.44. The summed E-state index contributed by atoms with van der Waals surface area (Å²) in [5.74, 6) is -1.05. The molecule has 31 heavy (non-hydrogen) atoms. The van der Waals surface area contributed by atoms with Gasteiger partial charge in [-0.1, -0.05) is 32.1 Å². The minimum Gasteiger partial charge on any atom is -0.460 e. The fourth-order valence-corrected chi connectivity index (χ4v) is 5.59. The second kappa shape index (κ2) is 8.53. The molecule has 3 aliphatic rings. The topological polar surface area (TPSA) is 82.2 Å². The number of esters is 2. The highest BCUT2D eigenvalue weighted by Gasteiger charge is 2.60. The van der Waals surface area contributed by atoms with Crippen molar-refractivity contribution < 1.29 is 28.6 Å². The highest BCUT2D eigenvalue weighted by Crippen LogP contribution is 2.55. The zero-order valence-corrected chi connectivity index (χ0v) is 19.8. The molecule has 172 valence electrons. The molecular weight excluding hydrogens is 396 g/mol. The molecular formula is C25H36O6. The van der Waals surface area contributed by atoms with Crippen LogP contribution in [0.4, 0.5) is 0 Å².